The van der Waals surface area contributed by atoms with Crippen LogP contribution in [0.2, 0.25) is 0 Å². The molecule has 0 aliphatic carbocycles. The van der Waals surface area contributed by atoms with Crippen molar-refractivity contribution in [3.8, 4) is 11.5 Å². The fourth-order valence-electron chi connectivity index (χ4n) is 3.42. The number of ether oxygens (including phenoxy) is 2. The first-order chi connectivity index (χ1) is 12.1. The van der Waals surface area contributed by atoms with Crippen LogP contribution in [0.4, 0.5) is 0 Å². The van der Waals surface area contributed by atoms with E-state index < -0.39 is 0 Å². The Bertz CT molecular complexity index is 676. The highest BCUT2D eigenvalue weighted by Crippen LogP contribution is 2.27. The zero-order valence-electron chi connectivity index (χ0n) is 15.6. The van der Waals surface area contributed by atoms with Crippen molar-refractivity contribution >= 4 is 0 Å². The predicted molar refractivity (Wildman–Crippen MR) is 98.1 cm³/mol. The molecule has 1 aliphatic rings. The number of hydrogen-bond acceptors (Lipinski definition) is 5. The first-order valence-corrected chi connectivity index (χ1v) is 8.70. The molecule has 0 amide bonds. The summed E-state index contributed by atoms with van der Waals surface area (Å²) in [4.78, 5) is 4.71. The lowest BCUT2D eigenvalue weighted by Gasteiger charge is -2.34. The number of aromatic nitrogens is 2. The van der Waals surface area contributed by atoms with E-state index in [1.807, 2.05) is 12.3 Å². The molecule has 2 aromatic rings. The van der Waals surface area contributed by atoms with E-state index in [2.05, 4.69) is 51.9 Å². The van der Waals surface area contributed by atoms with Crippen LogP contribution in [-0.4, -0.2) is 61.0 Å². The van der Waals surface area contributed by atoms with Gasteiger partial charge in [-0.3, -0.25) is 9.58 Å². The van der Waals surface area contributed by atoms with Gasteiger partial charge >= 0.3 is 0 Å². The van der Waals surface area contributed by atoms with Crippen LogP contribution >= 0.6 is 0 Å². The van der Waals surface area contributed by atoms with Crippen LogP contribution in [0.5, 0.6) is 11.5 Å². The molecule has 0 fully saturated rings. The van der Waals surface area contributed by atoms with Crippen molar-refractivity contribution < 1.29 is 9.47 Å². The van der Waals surface area contributed by atoms with Crippen molar-refractivity contribution in [2.45, 2.75) is 25.6 Å². The van der Waals surface area contributed by atoms with Gasteiger partial charge in [-0.05, 0) is 50.8 Å². The molecule has 0 unspecified atom stereocenters. The minimum Gasteiger partial charge on any atom is -0.497 e. The second kappa shape index (κ2) is 7.89. The first-order valence-electron chi connectivity index (χ1n) is 8.70. The van der Waals surface area contributed by atoms with E-state index in [-0.39, 0.29) is 0 Å². The average Bonchev–Trinajstić information content (AvgIpc) is 3.07. The molecule has 0 radical (unpaired) electrons. The SMILES string of the molecule is COc1cc(CN2Cc3ccnn3[C@@H](CCN(C)C)C2)cc(OC)c1. The minimum atomic E-state index is 0.411. The summed E-state index contributed by atoms with van der Waals surface area (Å²) < 4.78 is 13.0. The summed E-state index contributed by atoms with van der Waals surface area (Å²) in [5.41, 5.74) is 2.49. The number of methoxy groups -OCH3 is 2. The Kier molecular flexibility index (Phi) is 5.60. The summed E-state index contributed by atoms with van der Waals surface area (Å²) in [5.74, 6) is 1.67. The molecule has 1 aromatic carbocycles. The molecule has 0 N–H and O–H groups in total. The van der Waals surface area contributed by atoms with E-state index in [0.29, 0.717) is 6.04 Å². The zero-order chi connectivity index (χ0) is 17.8. The summed E-state index contributed by atoms with van der Waals surface area (Å²) in [5, 5.41) is 4.54. The second-order valence-electron chi connectivity index (χ2n) is 6.90. The standard InChI is InChI=1S/C19H28N4O2/c1-21(2)8-6-17-14-22(13-16-5-7-20-23(16)17)12-15-9-18(24-3)11-19(10-15)25-4/h5,7,9-11,17H,6,8,12-14H2,1-4H3/t17-/m0/s1. The van der Waals surface area contributed by atoms with Crippen molar-refractivity contribution in [3.05, 3.63) is 41.7 Å². The highest BCUT2D eigenvalue weighted by Gasteiger charge is 2.25. The molecule has 3 rings (SSSR count). The summed E-state index contributed by atoms with van der Waals surface area (Å²) in [6.45, 7) is 3.85. The van der Waals surface area contributed by atoms with Crippen LogP contribution in [0, 0.1) is 0 Å². The maximum Gasteiger partial charge on any atom is 0.122 e. The van der Waals surface area contributed by atoms with Gasteiger partial charge in [0.05, 0.1) is 26.0 Å². The molecule has 25 heavy (non-hydrogen) atoms. The molecule has 6 nitrogen and oxygen atoms in total. The number of nitrogens with zero attached hydrogens (tertiary/aromatic N) is 4. The monoisotopic (exact) mass is 344 g/mol. The molecule has 0 saturated heterocycles. The lowest BCUT2D eigenvalue weighted by atomic mass is 10.1. The summed E-state index contributed by atoms with van der Waals surface area (Å²) in [6, 6.07) is 8.62. The van der Waals surface area contributed by atoms with Crippen molar-refractivity contribution in [2.75, 3.05) is 41.4 Å². The topological polar surface area (TPSA) is 42.8 Å². The molecule has 2 heterocycles. The van der Waals surface area contributed by atoms with Gasteiger partial charge in [0.2, 0.25) is 0 Å². The Morgan fingerprint density at radius 2 is 1.88 bits per heavy atom. The number of fused-ring (bicyclic) bond motifs is 1. The highest BCUT2D eigenvalue weighted by atomic mass is 16.5. The smallest absolute Gasteiger partial charge is 0.122 e. The molecule has 0 bridgehead atoms. The van der Waals surface area contributed by atoms with Crippen molar-refractivity contribution in [1.82, 2.24) is 19.6 Å². The van der Waals surface area contributed by atoms with Gasteiger partial charge in [0, 0.05) is 31.9 Å². The fraction of sp³-hybridized carbons (Fsp3) is 0.526. The van der Waals surface area contributed by atoms with Crippen LogP contribution in [0.1, 0.15) is 23.7 Å². The quantitative estimate of drug-likeness (QED) is 0.772. The molecule has 0 saturated carbocycles. The van der Waals surface area contributed by atoms with Gasteiger partial charge in [-0.1, -0.05) is 0 Å². The second-order valence-corrected chi connectivity index (χ2v) is 6.90. The van der Waals surface area contributed by atoms with E-state index in [1.165, 1.54) is 11.3 Å². The Morgan fingerprint density at radius 1 is 1.16 bits per heavy atom. The maximum absolute atomic E-state index is 5.40. The van der Waals surface area contributed by atoms with Crippen LogP contribution in [-0.2, 0) is 13.1 Å². The van der Waals surface area contributed by atoms with Gasteiger partial charge in [0.15, 0.2) is 0 Å². The number of hydrogen-bond donors (Lipinski definition) is 0. The molecule has 1 aliphatic heterocycles. The largest absolute Gasteiger partial charge is 0.497 e. The summed E-state index contributed by atoms with van der Waals surface area (Å²) >= 11 is 0. The first kappa shape index (κ1) is 17.8. The van der Waals surface area contributed by atoms with Crippen LogP contribution < -0.4 is 9.47 Å². The zero-order valence-corrected chi connectivity index (χ0v) is 15.6. The Balaban J connectivity index is 1.75. The molecular formula is C19H28N4O2. The van der Waals surface area contributed by atoms with Gasteiger partial charge < -0.3 is 14.4 Å². The van der Waals surface area contributed by atoms with Crippen LogP contribution in [0.3, 0.4) is 0 Å². The number of benzene rings is 1. The van der Waals surface area contributed by atoms with Crippen LogP contribution in [0.25, 0.3) is 0 Å². The van der Waals surface area contributed by atoms with E-state index >= 15 is 0 Å². The summed E-state index contributed by atoms with van der Waals surface area (Å²) in [6.07, 6.45) is 3.01. The minimum absolute atomic E-state index is 0.411. The van der Waals surface area contributed by atoms with Crippen molar-refractivity contribution in [1.29, 1.82) is 0 Å². The lowest BCUT2D eigenvalue weighted by Crippen LogP contribution is -2.38. The summed E-state index contributed by atoms with van der Waals surface area (Å²) in [7, 11) is 7.62. The van der Waals surface area contributed by atoms with E-state index in [0.717, 1.165) is 44.1 Å². The number of rotatable bonds is 7. The van der Waals surface area contributed by atoms with Crippen molar-refractivity contribution in [3.63, 3.8) is 0 Å². The van der Waals surface area contributed by atoms with Gasteiger partial charge in [-0.15, -0.1) is 0 Å². The molecular weight excluding hydrogens is 316 g/mol. The molecule has 136 valence electrons. The van der Waals surface area contributed by atoms with E-state index in [1.54, 1.807) is 14.2 Å². The molecule has 0 spiro atoms. The van der Waals surface area contributed by atoms with Crippen LogP contribution in [0.15, 0.2) is 30.5 Å². The molecule has 6 heteroatoms. The normalized spacial score (nSPS) is 17.6. The molecule has 1 atom stereocenters. The molecule has 1 aromatic heterocycles. The Morgan fingerprint density at radius 3 is 2.52 bits per heavy atom. The fourth-order valence-corrected chi connectivity index (χ4v) is 3.42. The average molecular weight is 344 g/mol. The van der Waals surface area contributed by atoms with Gasteiger partial charge in [0.1, 0.15) is 11.5 Å². The predicted octanol–water partition coefficient (Wildman–Crippen LogP) is 2.41. The maximum atomic E-state index is 5.40. The van der Waals surface area contributed by atoms with E-state index in [4.69, 9.17) is 9.47 Å². The van der Waals surface area contributed by atoms with E-state index in [9.17, 15) is 0 Å². The van der Waals surface area contributed by atoms with Crippen molar-refractivity contribution in [2.24, 2.45) is 0 Å². The third-order valence-corrected chi connectivity index (χ3v) is 4.68. The Labute approximate surface area is 149 Å². The Hall–Kier alpha value is -2.05. The van der Waals surface area contributed by atoms with Gasteiger partial charge in [-0.2, -0.15) is 5.10 Å². The lowest BCUT2D eigenvalue weighted by molar-refractivity contribution is 0.155. The third kappa shape index (κ3) is 4.32. The third-order valence-electron chi connectivity index (χ3n) is 4.68. The van der Waals surface area contributed by atoms with Gasteiger partial charge in [-0.25, -0.2) is 0 Å². The van der Waals surface area contributed by atoms with Gasteiger partial charge in [0.25, 0.3) is 0 Å². The highest BCUT2D eigenvalue weighted by molar-refractivity contribution is 5.38.